The Hall–Kier alpha value is -1.34. The zero-order chi connectivity index (χ0) is 10.2. The Morgan fingerprint density at radius 1 is 1.07 bits per heavy atom. The summed E-state index contributed by atoms with van der Waals surface area (Å²) in [5, 5.41) is 2.45. The minimum absolute atomic E-state index is 0.510. The highest BCUT2D eigenvalue weighted by Gasteiger charge is 2.13. The van der Waals surface area contributed by atoms with E-state index in [2.05, 4.69) is 31.2 Å². The molecular formula is C13H14N. The van der Waals surface area contributed by atoms with Crippen molar-refractivity contribution in [2.75, 3.05) is 0 Å². The molecule has 1 nitrogen and oxygen atoms in total. The fourth-order valence-electron chi connectivity index (χ4n) is 1.54. The molecule has 0 amide bonds. The zero-order valence-corrected chi connectivity index (χ0v) is 8.33. The SMILES string of the molecule is [CH2]C(C)(N)c1ccc2ccccc2c1. The lowest BCUT2D eigenvalue weighted by molar-refractivity contribution is 0.626. The van der Waals surface area contributed by atoms with Crippen molar-refractivity contribution in [1.29, 1.82) is 0 Å². The molecule has 14 heavy (non-hydrogen) atoms. The average molecular weight is 184 g/mol. The Kier molecular flexibility index (Phi) is 2.05. The van der Waals surface area contributed by atoms with E-state index < -0.39 is 5.54 Å². The van der Waals surface area contributed by atoms with E-state index in [4.69, 9.17) is 5.73 Å². The standard InChI is InChI=1S/C13H14N/c1-13(2,14)12-8-7-10-5-3-4-6-11(10)9-12/h3-9H,1,14H2,2H3. The molecule has 0 aromatic heterocycles. The minimum atomic E-state index is -0.510. The maximum Gasteiger partial charge on any atom is 0.0382 e. The lowest BCUT2D eigenvalue weighted by atomic mass is 9.93. The molecule has 1 radical (unpaired) electrons. The third kappa shape index (κ3) is 1.64. The number of benzene rings is 2. The van der Waals surface area contributed by atoms with Crippen LogP contribution in [0.15, 0.2) is 42.5 Å². The van der Waals surface area contributed by atoms with E-state index in [0.717, 1.165) is 5.56 Å². The summed E-state index contributed by atoms with van der Waals surface area (Å²) in [6.07, 6.45) is 0. The van der Waals surface area contributed by atoms with Gasteiger partial charge in [-0.25, -0.2) is 0 Å². The maximum absolute atomic E-state index is 5.94. The molecule has 0 heterocycles. The van der Waals surface area contributed by atoms with Gasteiger partial charge in [0.15, 0.2) is 0 Å². The summed E-state index contributed by atoms with van der Waals surface area (Å²) in [6.45, 7) is 5.84. The first kappa shape index (κ1) is 9.22. The van der Waals surface area contributed by atoms with Crippen LogP contribution in [0.2, 0.25) is 0 Å². The van der Waals surface area contributed by atoms with Crippen molar-refractivity contribution in [3.8, 4) is 0 Å². The Balaban J connectivity index is 2.63. The molecule has 71 valence electrons. The molecule has 1 unspecified atom stereocenters. The predicted octanol–water partition coefficient (Wildman–Crippen LogP) is 2.85. The molecule has 2 aromatic carbocycles. The highest BCUT2D eigenvalue weighted by atomic mass is 14.7. The largest absolute Gasteiger partial charge is 0.322 e. The molecule has 1 heteroatoms. The summed E-state index contributed by atoms with van der Waals surface area (Å²) in [6, 6.07) is 14.5. The quantitative estimate of drug-likeness (QED) is 0.724. The van der Waals surface area contributed by atoms with Crippen molar-refractivity contribution < 1.29 is 0 Å². The van der Waals surface area contributed by atoms with E-state index in [-0.39, 0.29) is 0 Å². The lowest BCUT2D eigenvalue weighted by Crippen LogP contribution is -2.28. The second-order valence-electron chi connectivity index (χ2n) is 3.98. The number of hydrogen-bond donors (Lipinski definition) is 1. The van der Waals surface area contributed by atoms with Gasteiger partial charge in [-0.05, 0) is 36.2 Å². The van der Waals surface area contributed by atoms with Crippen LogP contribution in [0.1, 0.15) is 12.5 Å². The smallest absolute Gasteiger partial charge is 0.0382 e. The predicted molar refractivity (Wildman–Crippen MR) is 60.8 cm³/mol. The molecule has 0 spiro atoms. The monoisotopic (exact) mass is 184 g/mol. The van der Waals surface area contributed by atoms with Crippen LogP contribution >= 0.6 is 0 Å². The van der Waals surface area contributed by atoms with Gasteiger partial charge in [-0.15, -0.1) is 0 Å². The Bertz CT molecular complexity index is 452. The molecule has 0 aliphatic carbocycles. The Labute approximate surface area is 84.5 Å². The molecule has 0 aliphatic heterocycles. The normalized spacial score (nSPS) is 11.9. The van der Waals surface area contributed by atoms with E-state index >= 15 is 0 Å². The van der Waals surface area contributed by atoms with Gasteiger partial charge < -0.3 is 5.73 Å². The van der Waals surface area contributed by atoms with Crippen LogP contribution in [-0.2, 0) is 5.54 Å². The molecule has 0 saturated carbocycles. The van der Waals surface area contributed by atoms with Gasteiger partial charge in [0.1, 0.15) is 0 Å². The van der Waals surface area contributed by atoms with Crippen LogP contribution in [0.3, 0.4) is 0 Å². The molecule has 1 atom stereocenters. The molecule has 0 fully saturated rings. The summed E-state index contributed by atoms with van der Waals surface area (Å²) in [5.41, 5.74) is 6.49. The van der Waals surface area contributed by atoms with E-state index in [9.17, 15) is 0 Å². The van der Waals surface area contributed by atoms with E-state index in [0.29, 0.717) is 0 Å². The second-order valence-corrected chi connectivity index (χ2v) is 3.98. The topological polar surface area (TPSA) is 26.0 Å². The highest BCUT2D eigenvalue weighted by molar-refractivity contribution is 5.83. The van der Waals surface area contributed by atoms with Crippen molar-refractivity contribution in [3.63, 3.8) is 0 Å². The van der Waals surface area contributed by atoms with Gasteiger partial charge in [0, 0.05) is 5.54 Å². The molecule has 2 aromatic rings. The summed E-state index contributed by atoms with van der Waals surface area (Å²) in [5.74, 6) is 0. The summed E-state index contributed by atoms with van der Waals surface area (Å²) in [7, 11) is 0. The van der Waals surface area contributed by atoms with Gasteiger partial charge in [0.05, 0.1) is 0 Å². The Morgan fingerprint density at radius 3 is 2.36 bits per heavy atom. The average Bonchev–Trinajstić information content (AvgIpc) is 2.16. The van der Waals surface area contributed by atoms with Crippen molar-refractivity contribution in [2.24, 2.45) is 5.73 Å². The van der Waals surface area contributed by atoms with Crippen LogP contribution in [0.25, 0.3) is 10.8 Å². The number of fused-ring (bicyclic) bond motifs is 1. The van der Waals surface area contributed by atoms with Gasteiger partial charge in [0.25, 0.3) is 0 Å². The molecular weight excluding hydrogens is 170 g/mol. The lowest BCUT2D eigenvalue weighted by Gasteiger charge is -2.19. The Morgan fingerprint density at radius 2 is 1.71 bits per heavy atom. The summed E-state index contributed by atoms with van der Waals surface area (Å²) < 4.78 is 0. The summed E-state index contributed by atoms with van der Waals surface area (Å²) in [4.78, 5) is 0. The third-order valence-electron chi connectivity index (χ3n) is 2.41. The minimum Gasteiger partial charge on any atom is -0.322 e. The second kappa shape index (κ2) is 3.10. The molecule has 2 N–H and O–H groups in total. The van der Waals surface area contributed by atoms with Crippen LogP contribution in [0.4, 0.5) is 0 Å². The van der Waals surface area contributed by atoms with E-state index in [1.165, 1.54) is 10.8 Å². The van der Waals surface area contributed by atoms with Crippen LogP contribution in [0.5, 0.6) is 0 Å². The molecule has 0 saturated heterocycles. The van der Waals surface area contributed by atoms with E-state index in [1.54, 1.807) is 0 Å². The molecule has 0 aliphatic rings. The first-order valence-electron chi connectivity index (χ1n) is 4.71. The van der Waals surface area contributed by atoms with Gasteiger partial charge in [-0.3, -0.25) is 0 Å². The van der Waals surface area contributed by atoms with Crippen molar-refractivity contribution >= 4 is 10.8 Å². The van der Waals surface area contributed by atoms with Gasteiger partial charge in [-0.2, -0.15) is 0 Å². The van der Waals surface area contributed by atoms with Crippen molar-refractivity contribution in [1.82, 2.24) is 0 Å². The molecule has 2 rings (SSSR count). The van der Waals surface area contributed by atoms with E-state index in [1.807, 2.05) is 25.1 Å². The van der Waals surface area contributed by atoms with Gasteiger partial charge >= 0.3 is 0 Å². The van der Waals surface area contributed by atoms with Crippen LogP contribution < -0.4 is 5.73 Å². The summed E-state index contributed by atoms with van der Waals surface area (Å²) >= 11 is 0. The molecule has 0 bridgehead atoms. The first-order valence-corrected chi connectivity index (χ1v) is 4.71. The maximum atomic E-state index is 5.94. The number of hydrogen-bond acceptors (Lipinski definition) is 1. The fraction of sp³-hybridized carbons (Fsp3) is 0.154. The van der Waals surface area contributed by atoms with Gasteiger partial charge in [-0.1, -0.05) is 36.4 Å². The van der Waals surface area contributed by atoms with Crippen molar-refractivity contribution in [2.45, 2.75) is 12.5 Å². The highest BCUT2D eigenvalue weighted by Crippen LogP contribution is 2.21. The van der Waals surface area contributed by atoms with Crippen molar-refractivity contribution in [3.05, 3.63) is 55.0 Å². The van der Waals surface area contributed by atoms with Crippen LogP contribution in [-0.4, -0.2) is 0 Å². The zero-order valence-electron chi connectivity index (χ0n) is 8.33. The third-order valence-corrected chi connectivity index (χ3v) is 2.41. The number of rotatable bonds is 1. The van der Waals surface area contributed by atoms with Crippen LogP contribution in [0, 0.1) is 6.92 Å². The fourth-order valence-corrected chi connectivity index (χ4v) is 1.54. The van der Waals surface area contributed by atoms with Gasteiger partial charge in [0.2, 0.25) is 0 Å². The number of nitrogens with two attached hydrogens (primary N) is 1. The first-order chi connectivity index (χ1) is 6.57.